The topological polar surface area (TPSA) is 50.8 Å². The maximum absolute atomic E-state index is 12.3. The van der Waals surface area contributed by atoms with E-state index in [0.717, 1.165) is 31.4 Å². The number of rotatable bonds is 5. The third-order valence-corrected chi connectivity index (χ3v) is 4.59. The van der Waals surface area contributed by atoms with E-state index in [-0.39, 0.29) is 18.2 Å². The molecule has 0 aliphatic carbocycles. The molecule has 1 N–H and O–H groups in total. The lowest BCUT2D eigenvalue weighted by Crippen LogP contribution is -2.50. The summed E-state index contributed by atoms with van der Waals surface area (Å²) in [4.78, 5) is 14.4. The van der Waals surface area contributed by atoms with Gasteiger partial charge in [-0.1, -0.05) is 30.2 Å². The molecular formula is C17H23ClN2O3. The van der Waals surface area contributed by atoms with Crippen LogP contribution in [0.1, 0.15) is 24.8 Å². The molecule has 2 fully saturated rings. The number of benzene rings is 1. The van der Waals surface area contributed by atoms with Crippen LogP contribution in [0.5, 0.6) is 0 Å². The number of carbonyl (C=O) groups is 1. The molecule has 2 heterocycles. The third kappa shape index (κ3) is 4.67. The molecule has 3 rings (SSSR count). The van der Waals surface area contributed by atoms with E-state index in [1.165, 1.54) is 0 Å². The highest BCUT2D eigenvalue weighted by Crippen LogP contribution is 2.24. The van der Waals surface area contributed by atoms with Crippen LogP contribution in [0, 0.1) is 0 Å². The Morgan fingerprint density at radius 2 is 2.13 bits per heavy atom. The second-order valence-corrected chi connectivity index (χ2v) is 6.49. The number of halogens is 1. The lowest BCUT2D eigenvalue weighted by Gasteiger charge is -2.37. The second kappa shape index (κ2) is 8.11. The lowest BCUT2D eigenvalue weighted by molar-refractivity contribution is -0.131. The van der Waals surface area contributed by atoms with Gasteiger partial charge in [0.05, 0.1) is 25.8 Å². The van der Waals surface area contributed by atoms with Gasteiger partial charge in [0.2, 0.25) is 5.91 Å². The molecule has 2 saturated heterocycles. The van der Waals surface area contributed by atoms with Crippen molar-refractivity contribution in [3.8, 4) is 0 Å². The van der Waals surface area contributed by atoms with Gasteiger partial charge >= 0.3 is 0 Å². The van der Waals surface area contributed by atoms with Gasteiger partial charge in [-0.05, 0) is 37.1 Å². The van der Waals surface area contributed by atoms with Crippen LogP contribution in [-0.2, 0) is 20.8 Å². The Morgan fingerprint density at radius 1 is 1.30 bits per heavy atom. The van der Waals surface area contributed by atoms with Gasteiger partial charge < -0.3 is 14.8 Å². The van der Waals surface area contributed by atoms with Gasteiger partial charge in [-0.15, -0.1) is 0 Å². The number of ether oxygens (including phenoxy) is 2. The Labute approximate surface area is 141 Å². The van der Waals surface area contributed by atoms with Gasteiger partial charge in [-0.2, -0.15) is 0 Å². The van der Waals surface area contributed by atoms with Crippen LogP contribution in [0.15, 0.2) is 24.3 Å². The Kier molecular flexibility index (Phi) is 5.89. The van der Waals surface area contributed by atoms with Crippen LogP contribution < -0.4 is 5.32 Å². The molecule has 1 amide bonds. The summed E-state index contributed by atoms with van der Waals surface area (Å²) < 4.78 is 11.3. The van der Waals surface area contributed by atoms with E-state index in [0.29, 0.717) is 31.3 Å². The van der Waals surface area contributed by atoms with E-state index in [2.05, 4.69) is 10.2 Å². The van der Waals surface area contributed by atoms with Crippen LogP contribution in [0.2, 0.25) is 5.02 Å². The fourth-order valence-electron chi connectivity index (χ4n) is 3.21. The minimum atomic E-state index is -0.184. The highest BCUT2D eigenvalue weighted by Gasteiger charge is 2.34. The number of nitrogens with one attached hydrogen (secondary N) is 1. The van der Waals surface area contributed by atoms with Gasteiger partial charge in [0.1, 0.15) is 0 Å². The molecule has 0 radical (unpaired) electrons. The number of carbonyl (C=O) groups excluding carboxylic acids is 1. The third-order valence-electron chi connectivity index (χ3n) is 4.35. The van der Waals surface area contributed by atoms with Crippen LogP contribution in [0.4, 0.5) is 0 Å². The van der Waals surface area contributed by atoms with Crippen molar-refractivity contribution in [1.29, 1.82) is 0 Å². The van der Waals surface area contributed by atoms with Crippen LogP contribution >= 0.6 is 11.6 Å². The average Bonchev–Trinajstić information content (AvgIpc) is 3.08. The predicted molar refractivity (Wildman–Crippen MR) is 88.2 cm³/mol. The summed E-state index contributed by atoms with van der Waals surface area (Å²) in [5.74, 6) is 0.0230. The summed E-state index contributed by atoms with van der Waals surface area (Å²) in [6, 6.07) is 7.72. The minimum Gasteiger partial charge on any atom is -0.351 e. The molecule has 5 nitrogen and oxygen atoms in total. The number of hydrogen-bond acceptors (Lipinski definition) is 4. The lowest BCUT2D eigenvalue weighted by atomic mass is 10.0. The summed E-state index contributed by atoms with van der Waals surface area (Å²) in [5, 5.41) is 3.65. The Bertz CT molecular complexity index is 534. The Morgan fingerprint density at radius 3 is 2.91 bits per heavy atom. The molecule has 1 atom stereocenters. The highest BCUT2D eigenvalue weighted by molar-refractivity contribution is 6.30. The van der Waals surface area contributed by atoms with Crippen molar-refractivity contribution in [2.45, 2.75) is 38.1 Å². The van der Waals surface area contributed by atoms with Crippen molar-refractivity contribution in [3.63, 3.8) is 0 Å². The largest absolute Gasteiger partial charge is 0.351 e. The first-order valence-electron chi connectivity index (χ1n) is 8.21. The quantitative estimate of drug-likeness (QED) is 0.894. The van der Waals surface area contributed by atoms with Crippen molar-refractivity contribution in [2.24, 2.45) is 0 Å². The van der Waals surface area contributed by atoms with E-state index in [4.69, 9.17) is 21.1 Å². The summed E-state index contributed by atoms with van der Waals surface area (Å²) in [6.45, 7) is 3.09. The zero-order valence-electron chi connectivity index (χ0n) is 13.2. The van der Waals surface area contributed by atoms with Gasteiger partial charge in [-0.25, -0.2) is 0 Å². The first kappa shape index (κ1) is 16.7. The monoisotopic (exact) mass is 338 g/mol. The van der Waals surface area contributed by atoms with Crippen LogP contribution in [-0.4, -0.2) is 49.4 Å². The molecule has 1 unspecified atom stereocenters. The van der Waals surface area contributed by atoms with E-state index < -0.39 is 0 Å². The van der Waals surface area contributed by atoms with Crippen molar-refractivity contribution >= 4 is 17.5 Å². The first-order valence-corrected chi connectivity index (χ1v) is 8.58. The van der Waals surface area contributed by atoms with E-state index in [9.17, 15) is 4.79 Å². The Hall–Kier alpha value is -1.14. The fourth-order valence-corrected chi connectivity index (χ4v) is 3.42. The average molecular weight is 339 g/mol. The van der Waals surface area contributed by atoms with E-state index in [1.54, 1.807) is 0 Å². The van der Waals surface area contributed by atoms with Crippen molar-refractivity contribution < 1.29 is 14.3 Å². The molecule has 1 aromatic carbocycles. The molecule has 6 heteroatoms. The Balaban J connectivity index is 1.51. The summed E-state index contributed by atoms with van der Waals surface area (Å²) in [5.41, 5.74) is 1.00. The molecule has 0 saturated carbocycles. The summed E-state index contributed by atoms with van der Waals surface area (Å²) in [6.07, 6.45) is 3.11. The van der Waals surface area contributed by atoms with Crippen molar-refractivity contribution in [3.05, 3.63) is 34.9 Å². The second-order valence-electron chi connectivity index (χ2n) is 6.05. The number of hydrogen-bond donors (Lipinski definition) is 1. The highest BCUT2D eigenvalue weighted by atomic mass is 35.5. The summed E-state index contributed by atoms with van der Waals surface area (Å²) >= 11 is 5.96. The van der Waals surface area contributed by atoms with Gasteiger partial charge in [0.15, 0.2) is 6.29 Å². The molecule has 0 spiro atoms. The minimum absolute atomic E-state index is 0.0230. The predicted octanol–water partition coefficient (Wildman–Crippen LogP) is 2.18. The molecule has 1 aromatic rings. The number of piperidine rings is 1. The van der Waals surface area contributed by atoms with Crippen molar-refractivity contribution in [1.82, 2.24) is 10.2 Å². The molecule has 2 aliphatic rings. The first-order chi connectivity index (χ1) is 11.2. The zero-order valence-corrected chi connectivity index (χ0v) is 13.9. The maximum Gasteiger partial charge on any atom is 0.234 e. The maximum atomic E-state index is 12.3. The number of amides is 1. The van der Waals surface area contributed by atoms with Crippen LogP contribution in [0.25, 0.3) is 0 Å². The van der Waals surface area contributed by atoms with Gasteiger partial charge in [0.25, 0.3) is 0 Å². The smallest absolute Gasteiger partial charge is 0.234 e. The normalized spacial score (nSPS) is 23.1. The van der Waals surface area contributed by atoms with E-state index in [1.807, 2.05) is 24.3 Å². The molecular weight excluding hydrogens is 316 g/mol. The molecule has 126 valence electrons. The van der Waals surface area contributed by atoms with Gasteiger partial charge in [0, 0.05) is 11.6 Å². The SMILES string of the molecule is O=C(CN1CCCCC1C1OCCO1)NCc1cccc(Cl)c1. The van der Waals surface area contributed by atoms with Crippen molar-refractivity contribution in [2.75, 3.05) is 26.3 Å². The van der Waals surface area contributed by atoms with Crippen LogP contribution in [0.3, 0.4) is 0 Å². The summed E-state index contributed by atoms with van der Waals surface area (Å²) in [7, 11) is 0. The number of nitrogens with zero attached hydrogens (tertiary/aromatic N) is 1. The molecule has 0 bridgehead atoms. The molecule has 23 heavy (non-hydrogen) atoms. The zero-order chi connectivity index (χ0) is 16.1. The molecule has 0 aromatic heterocycles. The standard InChI is InChI=1S/C17H23ClN2O3/c18-14-5-3-4-13(10-14)11-19-16(21)12-20-7-2-1-6-15(20)17-22-8-9-23-17/h3-5,10,15,17H,1-2,6-9,11-12H2,(H,19,21). The number of likely N-dealkylation sites (tertiary alicyclic amines) is 1. The molecule has 2 aliphatic heterocycles. The van der Waals surface area contributed by atoms with E-state index >= 15 is 0 Å². The van der Waals surface area contributed by atoms with Gasteiger partial charge in [-0.3, -0.25) is 9.69 Å². The fraction of sp³-hybridized carbons (Fsp3) is 0.588.